The molecule has 5 atom stereocenters. The molecule has 4 heterocycles. The Bertz CT molecular complexity index is 1010. The van der Waals surface area contributed by atoms with Crippen LogP contribution in [0, 0.1) is 0 Å². The van der Waals surface area contributed by atoms with Gasteiger partial charge in [-0.3, -0.25) is 9.36 Å². The molecule has 27 heavy (non-hydrogen) atoms. The van der Waals surface area contributed by atoms with E-state index in [2.05, 4.69) is 20.3 Å². The Hall–Kier alpha value is -2.88. The summed E-state index contributed by atoms with van der Waals surface area (Å²) in [5, 5.41) is 13.2. The summed E-state index contributed by atoms with van der Waals surface area (Å²) in [7, 11) is 0. The summed E-state index contributed by atoms with van der Waals surface area (Å²) in [4.78, 5) is 25.2. The minimum absolute atomic E-state index is 0.0682. The molecule has 1 aromatic carbocycles. The van der Waals surface area contributed by atoms with Gasteiger partial charge in [-0.25, -0.2) is 15.0 Å². The molecule has 0 radical (unpaired) electrons. The summed E-state index contributed by atoms with van der Waals surface area (Å²) < 4.78 is 13.0. The number of carbonyl (C=O) groups is 1. The lowest BCUT2D eigenvalue weighted by Gasteiger charge is -2.30. The van der Waals surface area contributed by atoms with Crippen LogP contribution >= 0.6 is 0 Å². The molecule has 0 spiro atoms. The van der Waals surface area contributed by atoms with Crippen LogP contribution in [0.2, 0.25) is 0 Å². The molecule has 5 rings (SSSR count). The highest BCUT2D eigenvalue weighted by molar-refractivity contribution is 6.06. The second-order valence-corrected chi connectivity index (χ2v) is 6.65. The van der Waals surface area contributed by atoms with Crippen molar-refractivity contribution in [3.05, 3.63) is 48.5 Å². The van der Waals surface area contributed by atoms with Gasteiger partial charge in [0, 0.05) is 5.56 Å². The predicted molar refractivity (Wildman–Crippen MR) is 94.0 cm³/mol. The van der Waals surface area contributed by atoms with Crippen LogP contribution in [-0.2, 0) is 9.47 Å². The number of aromatic nitrogens is 4. The van der Waals surface area contributed by atoms with Crippen molar-refractivity contribution < 1.29 is 19.4 Å². The number of ether oxygens (including phenoxy) is 2. The third kappa shape index (κ3) is 2.67. The number of epoxide rings is 1. The zero-order valence-electron chi connectivity index (χ0n) is 14.4. The molecule has 2 saturated heterocycles. The number of rotatable bonds is 3. The predicted octanol–water partition coefficient (Wildman–Crippen LogP) is 1.12. The normalized spacial score (nSPS) is 29.3. The number of hydrogen-bond acceptors (Lipinski definition) is 7. The monoisotopic (exact) mass is 367 g/mol. The quantitative estimate of drug-likeness (QED) is 0.667. The van der Waals surface area contributed by atoms with E-state index < -0.39 is 12.3 Å². The van der Waals surface area contributed by atoms with Crippen LogP contribution in [0.3, 0.4) is 0 Å². The van der Waals surface area contributed by atoms with Crippen molar-refractivity contribution in [3.63, 3.8) is 0 Å². The highest BCUT2D eigenvalue weighted by Gasteiger charge is 2.56. The number of hydrogen-bond donors (Lipinski definition) is 2. The van der Waals surface area contributed by atoms with Gasteiger partial charge in [0.25, 0.3) is 5.91 Å². The largest absolute Gasteiger partial charge is 0.386 e. The topological polar surface area (TPSA) is 115 Å². The van der Waals surface area contributed by atoms with E-state index in [1.807, 2.05) is 13.0 Å². The van der Waals surface area contributed by atoms with Crippen molar-refractivity contribution in [2.75, 3.05) is 5.32 Å². The lowest BCUT2D eigenvalue weighted by molar-refractivity contribution is -0.131. The number of imidazole rings is 1. The number of fused-ring (bicyclic) bond motifs is 2. The number of anilines is 1. The molecule has 1 amide bonds. The second-order valence-electron chi connectivity index (χ2n) is 6.65. The number of carbonyl (C=O) groups excluding carboxylic acids is 1. The smallest absolute Gasteiger partial charge is 0.256 e. The molecule has 0 bridgehead atoms. The molecule has 0 saturated carbocycles. The second kappa shape index (κ2) is 6.08. The van der Waals surface area contributed by atoms with Crippen molar-refractivity contribution in [1.82, 2.24) is 19.5 Å². The van der Waals surface area contributed by atoms with Crippen molar-refractivity contribution in [1.29, 1.82) is 0 Å². The maximum atomic E-state index is 12.4. The first-order chi connectivity index (χ1) is 13.1. The van der Waals surface area contributed by atoms with E-state index in [4.69, 9.17) is 9.47 Å². The average Bonchev–Trinajstić information content (AvgIpc) is 3.39. The highest BCUT2D eigenvalue weighted by atomic mass is 16.7. The number of nitrogens with zero attached hydrogens (tertiary/aromatic N) is 4. The minimum Gasteiger partial charge on any atom is -0.386 e. The Morgan fingerprint density at radius 3 is 2.78 bits per heavy atom. The van der Waals surface area contributed by atoms with E-state index in [0.717, 1.165) is 0 Å². The van der Waals surface area contributed by atoms with Gasteiger partial charge in [0.1, 0.15) is 24.6 Å². The van der Waals surface area contributed by atoms with Crippen LogP contribution in [0.15, 0.2) is 43.0 Å². The van der Waals surface area contributed by atoms with Crippen LogP contribution < -0.4 is 5.32 Å². The molecule has 2 fully saturated rings. The minimum atomic E-state index is -0.819. The van der Waals surface area contributed by atoms with E-state index in [0.29, 0.717) is 22.5 Å². The molecule has 2 aliphatic rings. The Kier molecular flexibility index (Phi) is 3.67. The fourth-order valence-corrected chi connectivity index (χ4v) is 3.46. The van der Waals surface area contributed by atoms with Gasteiger partial charge in [-0.15, -0.1) is 0 Å². The molecular formula is C18H17N5O4. The summed E-state index contributed by atoms with van der Waals surface area (Å²) in [5.41, 5.74) is 1.40. The fourth-order valence-electron chi connectivity index (χ4n) is 3.46. The van der Waals surface area contributed by atoms with Gasteiger partial charge in [0.05, 0.1) is 12.4 Å². The number of aliphatic hydroxyl groups excluding tert-OH is 1. The average molecular weight is 367 g/mol. The maximum absolute atomic E-state index is 12.4. The van der Waals surface area contributed by atoms with Gasteiger partial charge in [0.15, 0.2) is 23.2 Å². The highest BCUT2D eigenvalue weighted by Crippen LogP contribution is 2.41. The standard InChI is InChI=1S/C18H17N5O4/c1-9-13-14(27-13)12(24)18(26-9)23-8-21-11-15(19-7-20-16(11)23)22-17(25)10-5-3-2-4-6-10/h2-9,12-14,18,24H,1H3,(H,19,20,22,25)/t9-,12-,13+,14-,18+/m0/s1. The van der Waals surface area contributed by atoms with Crippen molar-refractivity contribution in [2.24, 2.45) is 0 Å². The van der Waals surface area contributed by atoms with E-state index >= 15 is 0 Å². The molecule has 0 aliphatic carbocycles. The van der Waals surface area contributed by atoms with Crippen molar-refractivity contribution >= 4 is 22.9 Å². The van der Waals surface area contributed by atoms with Crippen molar-refractivity contribution in [3.8, 4) is 0 Å². The van der Waals surface area contributed by atoms with Crippen LogP contribution in [0.25, 0.3) is 11.2 Å². The maximum Gasteiger partial charge on any atom is 0.256 e. The third-order valence-corrected chi connectivity index (χ3v) is 4.91. The van der Waals surface area contributed by atoms with E-state index in [1.54, 1.807) is 28.8 Å². The summed E-state index contributed by atoms with van der Waals surface area (Å²) in [6.45, 7) is 1.91. The van der Waals surface area contributed by atoms with Gasteiger partial charge in [0.2, 0.25) is 0 Å². The Labute approximate surface area is 154 Å². The summed E-state index contributed by atoms with van der Waals surface area (Å²) >= 11 is 0. The van der Waals surface area contributed by atoms with Gasteiger partial charge < -0.3 is 19.9 Å². The molecule has 9 heteroatoms. The lowest BCUT2D eigenvalue weighted by atomic mass is 10.1. The third-order valence-electron chi connectivity index (χ3n) is 4.91. The van der Waals surface area contributed by atoms with Crippen molar-refractivity contribution in [2.45, 2.75) is 37.6 Å². The summed E-state index contributed by atoms with van der Waals surface area (Å²) in [6, 6.07) is 8.84. The summed E-state index contributed by atoms with van der Waals surface area (Å²) in [5.74, 6) is 0.00782. The van der Waals surface area contributed by atoms with Crippen LogP contribution in [-0.4, -0.2) is 54.9 Å². The molecular weight excluding hydrogens is 350 g/mol. The molecule has 9 nitrogen and oxygen atoms in total. The molecule has 0 unspecified atom stereocenters. The van der Waals surface area contributed by atoms with E-state index in [9.17, 15) is 9.90 Å². The first-order valence-corrected chi connectivity index (χ1v) is 8.66. The Morgan fingerprint density at radius 1 is 1.15 bits per heavy atom. The zero-order chi connectivity index (χ0) is 18.5. The number of amides is 1. The van der Waals surface area contributed by atoms with Crippen LogP contribution in [0.4, 0.5) is 5.82 Å². The first-order valence-electron chi connectivity index (χ1n) is 8.66. The Balaban J connectivity index is 1.47. The number of aliphatic hydroxyl groups is 1. The molecule has 2 aromatic heterocycles. The van der Waals surface area contributed by atoms with Crippen LogP contribution in [0.5, 0.6) is 0 Å². The van der Waals surface area contributed by atoms with E-state index in [1.165, 1.54) is 12.7 Å². The molecule has 2 aliphatic heterocycles. The van der Waals surface area contributed by atoms with E-state index in [-0.39, 0.29) is 24.2 Å². The SMILES string of the molecule is C[C@@H]1O[C@@H](n2cnc3c(NC(=O)c4ccccc4)ncnc32)[C@@H](O)[C@@H]2O[C@@H]21. The zero-order valence-corrected chi connectivity index (χ0v) is 14.4. The first kappa shape index (κ1) is 16.3. The van der Waals surface area contributed by atoms with Gasteiger partial charge in [-0.05, 0) is 19.1 Å². The van der Waals surface area contributed by atoms with Gasteiger partial charge in [-0.1, -0.05) is 18.2 Å². The molecule has 138 valence electrons. The number of benzene rings is 1. The van der Waals surface area contributed by atoms with Gasteiger partial charge in [-0.2, -0.15) is 0 Å². The molecule has 3 aromatic rings. The van der Waals surface area contributed by atoms with Crippen LogP contribution in [0.1, 0.15) is 23.5 Å². The molecule has 2 N–H and O–H groups in total. The summed E-state index contributed by atoms with van der Waals surface area (Å²) in [6.07, 6.45) is 0.940. The lowest BCUT2D eigenvalue weighted by Crippen LogP contribution is -2.41. The number of nitrogens with one attached hydrogen (secondary N) is 1. The Morgan fingerprint density at radius 2 is 1.96 bits per heavy atom. The fraction of sp³-hybridized carbons (Fsp3) is 0.333. The van der Waals surface area contributed by atoms with Gasteiger partial charge >= 0.3 is 0 Å².